The monoisotopic (exact) mass is 335 g/mol. The van der Waals surface area contributed by atoms with Gasteiger partial charge in [-0.15, -0.1) is 0 Å². The maximum Gasteiger partial charge on any atom is 0.226 e. The minimum atomic E-state index is 0.257. The van der Waals surface area contributed by atoms with E-state index in [0.717, 1.165) is 56.9 Å². The third-order valence-electron chi connectivity index (χ3n) is 5.08. The van der Waals surface area contributed by atoms with E-state index in [1.807, 2.05) is 11.8 Å². The fraction of sp³-hybridized carbons (Fsp3) is 0.722. The summed E-state index contributed by atoms with van der Waals surface area (Å²) >= 11 is 1.99. The molecule has 4 nitrogen and oxygen atoms in total. The summed E-state index contributed by atoms with van der Waals surface area (Å²) < 4.78 is 2.35. The molecule has 2 aliphatic heterocycles. The molecule has 1 atom stereocenters. The standard InChI is InChI=1S/C18H29N3OS/c1-19(2)9-5-15-12-20-8-3-4-17(20)14-21(13-15)18(22)16-6-10-23-11-7-16/h3-4,8,15-16H,5-7,9-14H2,1-2H3/t15-/m0/s1. The van der Waals surface area contributed by atoms with E-state index in [2.05, 4.69) is 46.8 Å². The van der Waals surface area contributed by atoms with E-state index in [1.165, 1.54) is 5.69 Å². The second-order valence-electron chi connectivity index (χ2n) is 7.22. The van der Waals surface area contributed by atoms with Crippen LogP contribution in [0.1, 0.15) is 25.0 Å². The topological polar surface area (TPSA) is 28.5 Å². The summed E-state index contributed by atoms with van der Waals surface area (Å²) in [6.07, 6.45) is 5.44. The predicted octanol–water partition coefficient (Wildman–Crippen LogP) is 2.54. The van der Waals surface area contributed by atoms with Gasteiger partial charge in [-0.2, -0.15) is 11.8 Å². The van der Waals surface area contributed by atoms with Crippen LogP contribution in [0.2, 0.25) is 0 Å². The number of carbonyl (C=O) groups is 1. The molecule has 3 heterocycles. The fourth-order valence-corrected chi connectivity index (χ4v) is 4.78. The van der Waals surface area contributed by atoms with E-state index in [-0.39, 0.29) is 5.92 Å². The van der Waals surface area contributed by atoms with E-state index in [9.17, 15) is 4.79 Å². The molecule has 3 rings (SSSR count). The minimum absolute atomic E-state index is 0.257. The molecule has 128 valence electrons. The van der Waals surface area contributed by atoms with Crippen LogP contribution >= 0.6 is 11.8 Å². The molecule has 0 saturated carbocycles. The number of hydrogen-bond acceptors (Lipinski definition) is 3. The number of aromatic nitrogens is 1. The largest absolute Gasteiger partial charge is 0.349 e. The summed E-state index contributed by atoms with van der Waals surface area (Å²) in [4.78, 5) is 17.4. The maximum absolute atomic E-state index is 13.0. The molecule has 2 aliphatic rings. The molecule has 5 heteroatoms. The molecular weight excluding hydrogens is 306 g/mol. The first-order valence-electron chi connectivity index (χ1n) is 8.79. The lowest BCUT2D eigenvalue weighted by molar-refractivity contribution is -0.137. The lowest BCUT2D eigenvalue weighted by Crippen LogP contribution is -2.39. The Labute approximate surface area is 144 Å². The van der Waals surface area contributed by atoms with Crippen LogP contribution in [0.25, 0.3) is 0 Å². The van der Waals surface area contributed by atoms with Crippen LogP contribution in [0.15, 0.2) is 18.3 Å². The van der Waals surface area contributed by atoms with Gasteiger partial charge in [-0.05, 0) is 69.5 Å². The Hall–Kier alpha value is -0.940. The molecule has 1 amide bonds. The van der Waals surface area contributed by atoms with Crippen molar-refractivity contribution in [1.82, 2.24) is 14.4 Å². The van der Waals surface area contributed by atoms with Crippen molar-refractivity contribution in [1.29, 1.82) is 0 Å². The van der Waals surface area contributed by atoms with Gasteiger partial charge in [0.05, 0.1) is 6.54 Å². The lowest BCUT2D eigenvalue weighted by Gasteiger charge is -2.30. The number of hydrogen-bond donors (Lipinski definition) is 0. The molecule has 0 spiro atoms. The SMILES string of the molecule is CN(C)CC[C@@H]1CN(C(=O)C2CCSCC2)Cc2cccn2C1. The number of amides is 1. The molecule has 0 aromatic carbocycles. The van der Waals surface area contributed by atoms with Gasteiger partial charge in [-0.1, -0.05) is 0 Å². The molecule has 0 aliphatic carbocycles. The summed E-state index contributed by atoms with van der Waals surface area (Å²) in [7, 11) is 4.25. The number of carbonyl (C=O) groups excluding carboxylic acids is 1. The number of thioether (sulfide) groups is 1. The minimum Gasteiger partial charge on any atom is -0.349 e. The van der Waals surface area contributed by atoms with Crippen molar-refractivity contribution >= 4 is 17.7 Å². The number of rotatable bonds is 4. The van der Waals surface area contributed by atoms with E-state index < -0.39 is 0 Å². The van der Waals surface area contributed by atoms with Crippen molar-refractivity contribution in [2.24, 2.45) is 11.8 Å². The van der Waals surface area contributed by atoms with Gasteiger partial charge in [-0.3, -0.25) is 4.79 Å². The van der Waals surface area contributed by atoms with Crippen LogP contribution < -0.4 is 0 Å². The first kappa shape index (κ1) is 16.9. The van der Waals surface area contributed by atoms with Crippen LogP contribution in [0.4, 0.5) is 0 Å². The zero-order valence-electron chi connectivity index (χ0n) is 14.4. The third-order valence-corrected chi connectivity index (χ3v) is 6.13. The van der Waals surface area contributed by atoms with Crippen LogP contribution in [0.5, 0.6) is 0 Å². The Morgan fingerprint density at radius 3 is 2.83 bits per heavy atom. The summed E-state index contributed by atoms with van der Waals surface area (Å²) in [5.74, 6) is 3.49. The average Bonchev–Trinajstić information content (AvgIpc) is 2.91. The quantitative estimate of drug-likeness (QED) is 0.846. The summed E-state index contributed by atoms with van der Waals surface area (Å²) in [5, 5.41) is 0. The van der Waals surface area contributed by atoms with Gasteiger partial charge in [0.1, 0.15) is 0 Å². The highest BCUT2D eigenvalue weighted by Crippen LogP contribution is 2.27. The van der Waals surface area contributed by atoms with Gasteiger partial charge in [-0.25, -0.2) is 0 Å². The Balaban J connectivity index is 1.72. The Kier molecular flexibility index (Phi) is 5.70. The molecule has 1 aromatic heterocycles. The lowest BCUT2D eigenvalue weighted by atomic mass is 9.99. The first-order chi connectivity index (χ1) is 11.1. The Morgan fingerprint density at radius 2 is 2.09 bits per heavy atom. The van der Waals surface area contributed by atoms with Gasteiger partial charge >= 0.3 is 0 Å². The van der Waals surface area contributed by atoms with E-state index >= 15 is 0 Å². The van der Waals surface area contributed by atoms with Gasteiger partial charge in [0.25, 0.3) is 0 Å². The molecular formula is C18H29N3OS. The van der Waals surface area contributed by atoms with Crippen molar-refractivity contribution in [2.75, 3.05) is 38.7 Å². The van der Waals surface area contributed by atoms with E-state index in [1.54, 1.807) is 0 Å². The van der Waals surface area contributed by atoms with Gasteiger partial charge in [0.2, 0.25) is 5.91 Å². The second-order valence-corrected chi connectivity index (χ2v) is 8.44. The van der Waals surface area contributed by atoms with Crippen LogP contribution in [-0.4, -0.2) is 59.0 Å². The maximum atomic E-state index is 13.0. The summed E-state index contributed by atoms with van der Waals surface area (Å²) in [5.41, 5.74) is 1.29. The van der Waals surface area contributed by atoms with E-state index in [0.29, 0.717) is 11.8 Å². The van der Waals surface area contributed by atoms with E-state index in [4.69, 9.17) is 0 Å². The normalized spacial score (nSPS) is 22.9. The molecule has 0 radical (unpaired) electrons. The first-order valence-corrected chi connectivity index (χ1v) is 9.94. The van der Waals surface area contributed by atoms with Gasteiger partial charge in [0, 0.05) is 30.9 Å². The molecule has 1 saturated heterocycles. The van der Waals surface area contributed by atoms with Crippen LogP contribution in [0, 0.1) is 11.8 Å². The number of fused-ring (bicyclic) bond motifs is 1. The van der Waals surface area contributed by atoms with Crippen LogP contribution in [-0.2, 0) is 17.9 Å². The van der Waals surface area contributed by atoms with Gasteiger partial charge in [0.15, 0.2) is 0 Å². The molecule has 0 N–H and O–H groups in total. The van der Waals surface area contributed by atoms with Crippen molar-refractivity contribution in [3.63, 3.8) is 0 Å². The zero-order valence-corrected chi connectivity index (χ0v) is 15.2. The fourth-order valence-electron chi connectivity index (χ4n) is 3.67. The Bertz CT molecular complexity index is 522. The highest BCUT2D eigenvalue weighted by Gasteiger charge is 2.30. The van der Waals surface area contributed by atoms with Crippen molar-refractivity contribution in [3.05, 3.63) is 24.0 Å². The summed E-state index contributed by atoms with van der Waals surface area (Å²) in [6, 6.07) is 4.29. The highest BCUT2D eigenvalue weighted by molar-refractivity contribution is 7.99. The average molecular weight is 336 g/mol. The van der Waals surface area contributed by atoms with Crippen LogP contribution in [0.3, 0.4) is 0 Å². The molecule has 0 unspecified atom stereocenters. The zero-order chi connectivity index (χ0) is 16.2. The Morgan fingerprint density at radius 1 is 1.30 bits per heavy atom. The molecule has 0 bridgehead atoms. The molecule has 23 heavy (non-hydrogen) atoms. The third kappa shape index (κ3) is 4.32. The van der Waals surface area contributed by atoms with Gasteiger partial charge < -0.3 is 14.4 Å². The van der Waals surface area contributed by atoms with Crippen molar-refractivity contribution in [3.8, 4) is 0 Å². The highest BCUT2D eigenvalue weighted by atomic mass is 32.2. The van der Waals surface area contributed by atoms with Crippen molar-refractivity contribution in [2.45, 2.75) is 32.4 Å². The smallest absolute Gasteiger partial charge is 0.226 e. The second kappa shape index (κ2) is 7.75. The molecule has 1 aromatic rings. The number of nitrogens with zero attached hydrogens (tertiary/aromatic N) is 3. The predicted molar refractivity (Wildman–Crippen MR) is 96.6 cm³/mol. The summed E-state index contributed by atoms with van der Waals surface area (Å²) in [6.45, 7) is 3.83. The van der Waals surface area contributed by atoms with Crippen molar-refractivity contribution < 1.29 is 4.79 Å². The molecule has 1 fully saturated rings.